The van der Waals surface area contributed by atoms with Gasteiger partial charge in [-0.05, 0) is 17.7 Å². The third kappa shape index (κ3) is 4.14. The predicted molar refractivity (Wildman–Crippen MR) is 97.5 cm³/mol. The number of aromatic amines is 1. The van der Waals surface area contributed by atoms with Gasteiger partial charge >= 0.3 is 5.69 Å². The van der Waals surface area contributed by atoms with Crippen LogP contribution in [0.5, 0.6) is 5.75 Å². The highest BCUT2D eigenvalue weighted by atomic mass is 16.5. The number of amides is 1. The van der Waals surface area contributed by atoms with Crippen LogP contribution in [0.1, 0.15) is 17.4 Å². The standard InChI is InChI=1S/C18H19N5O4/c1-22-10-8-19-17(22)16(12-3-5-13(27-2)6-4-12)20-15(25)11-23-9-7-14(24)21-18(23)26/h3-10,16H,11H2,1-2H3,(H,20,25)(H,21,24,26). The highest BCUT2D eigenvalue weighted by Crippen LogP contribution is 2.22. The quantitative estimate of drug-likeness (QED) is 0.644. The van der Waals surface area contributed by atoms with Crippen LogP contribution in [-0.4, -0.2) is 32.1 Å². The number of imidazole rings is 1. The van der Waals surface area contributed by atoms with Crippen LogP contribution in [0.2, 0.25) is 0 Å². The number of aryl methyl sites for hydroxylation is 1. The van der Waals surface area contributed by atoms with Crippen molar-refractivity contribution in [2.45, 2.75) is 12.6 Å². The van der Waals surface area contributed by atoms with E-state index in [2.05, 4.69) is 15.3 Å². The van der Waals surface area contributed by atoms with Gasteiger partial charge in [0, 0.05) is 31.7 Å². The first kappa shape index (κ1) is 18.2. The van der Waals surface area contributed by atoms with Gasteiger partial charge in [0.15, 0.2) is 0 Å². The lowest BCUT2D eigenvalue weighted by Gasteiger charge is -2.19. The summed E-state index contributed by atoms with van der Waals surface area (Å²) in [6.45, 7) is -0.229. The summed E-state index contributed by atoms with van der Waals surface area (Å²) in [6, 6.07) is 7.94. The van der Waals surface area contributed by atoms with Gasteiger partial charge in [-0.15, -0.1) is 0 Å². The molecule has 2 heterocycles. The summed E-state index contributed by atoms with van der Waals surface area (Å²) in [5.74, 6) is 0.943. The maximum Gasteiger partial charge on any atom is 0.328 e. The first-order valence-corrected chi connectivity index (χ1v) is 8.18. The number of carbonyl (C=O) groups is 1. The largest absolute Gasteiger partial charge is 0.497 e. The highest BCUT2D eigenvalue weighted by Gasteiger charge is 2.21. The number of hydrogen-bond donors (Lipinski definition) is 2. The molecule has 1 amide bonds. The average Bonchev–Trinajstić information content (AvgIpc) is 3.08. The number of nitrogens with one attached hydrogen (secondary N) is 2. The normalized spacial score (nSPS) is 11.8. The monoisotopic (exact) mass is 369 g/mol. The molecule has 3 aromatic rings. The van der Waals surface area contributed by atoms with E-state index in [0.717, 1.165) is 10.1 Å². The third-order valence-electron chi connectivity index (χ3n) is 4.08. The van der Waals surface area contributed by atoms with Gasteiger partial charge in [0.2, 0.25) is 5.91 Å². The minimum absolute atomic E-state index is 0.229. The topological polar surface area (TPSA) is 111 Å². The summed E-state index contributed by atoms with van der Waals surface area (Å²) in [5.41, 5.74) is -0.344. The second-order valence-electron chi connectivity index (χ2n) is 5.91. The van der Waals surface area contributed by atoms with Gasteiger partial charge < -0.3 is 14.6 Å². The van der Waals surface area contributed by atoms with Crippen LogP contribution >= 0.6 is 0 Å². The molecule has 0 aliphatic rings. The molecule has 2 N–H and O–H groups in total. The van der Waals surface area contributed by atoms with Gasteiger partial charge in [-0.25, -0.2) is 9.78 Å². The molecular formula is C18H19N5O4. The Morgan fingerprint density at radius 1 is 1.22 bits per heavy atom. The fourth-order valence-corrected chi connectivity index (χ4v) is 2.68. The Morgan fingerprint density at radius 2 is 1.96 bits per heavy atom. The van der Waals surface area contributed by atoms with Crippen molar-refractivity contribution in [1.29, 1.82) is 0 Å². The number of ether oxygens (including phenoxy) is 1. The highest BCUT2D eigenvalue weighted by molar-refractivity contribution is 5.76. The van der Waals surface area contributed by atoms with Crippen molar-refractivity contribution in [3.05, 3.63) is 81.1 Å². The number of H-pyrrole nitrogens is 1. The predicted octanol–water partition coefficient (Wildman–Crippen LogP) is 0.185. The van der Waals surface area contributed by atoms with Gasteiger partial charge in [-0.2, -0.15) is 0 Å². The van der Waals surface area contributed by atoms with Crippen molar-refractivity contribution < 1.29 is 9.53 Å². The van der Waals surface area contributed by atoms with E-state index < -0.39 is 23.2 Å². The van der Waals surface area contributed by atoms with Crippen LogP contribution < -0.4 is 21.3 Å². The molecule has 2 aromatic heterocycles. The molecule has 9 heteroatoms. The van der Waals surface area contributed by atoms with Crippen LogP contribution in [0.15, 0.2) is 58.5 Å². The number of methoxy groups -OCH3 is 1. The number of hydrogen-bond acceptors (Lipinski definition) is 5. The number of nitrogens with zero attached hydrogens (tertiary/aromatic N) is 3. The lowest BCUT2D eigenvalue weighted by atomic mass is 10.1. The Morgan fingerprint density at radius 3 is 2.56 bits per heavy atom. The van der Waals surface area contributed by atoms with E-state index >= 15 is 0 Å². The van der Waals surface area contributed by atoms with Crippen molar-refractivity contribution in [2.75, 3.05) is 7.11 Å². The van der Waals surface area contributed by atoms with E-state index in [1.165, 1.54) is 12.3 Å². The molecule has 0 fully saturated rings. The molecule has 0 radical (unpaired) electrons. The first-order chi connectivity index (χ1) is 13.0. The van der Waals surface area contributed by atoms with Gasteiger partial charge in [0.25, 0.3) is 5.56 Å². The lowest BCUT2D eigenvalue weighted by Crippen LogP contribution is -2.37. The average molecular weight is 369 g/mol. The van der Waals surface area contributed by atoms with Crippen molar-refractivity contribution >= 4 is 5.91 Å². The summed E-state index contributed by atoms with van der Waals surface area (Å²) in [6.07, 6.45) is 4.71. The van der Waals surface area contributed by atoms with E-state index in [9.17, 15) is 14.4 Å². The van der Waals surface area contributed by atoms with Crippen LogP contribution in [-0.2, 0) is 18.4 Å². The number of aromatic nitrogens is 4. The van der Waals surface area contributed by atoms with Gasteiger partial charge in [0.1, 0.15) is 24.2 Å². The molecule has 3 rings (SSSR count). The first-order valence-electron chi connectivity index (χ1n) is 8.18. The zero-order valence-electron chi connectivity index (χ0n) is 14.9. The summed E-state index contributed by atoms with van der Waals surface area (Å²) in [4.78, 5) is 41.9. The van der Waals surface area contributed by atoms with Crippen molar-refractivity contribution in [3.63, 3.8) is 0 Å². The van der Waals surface area contributed by atoms with Crippen LogP contribution in [0.3, 0.4) is 0 Å². The molecule has 140 valence electrons. The Bertz CT molecular complexity index is 1050. The molecule has 0 saturated heterocycles. The minimum atomic E-state index is -0.643. The molecule has 0 saturated carbocycles. The maximum atomic E-state index is 12.5. The number of rotatable bonds is 6. The van der Waals surface area contributed by atoms with Gasteiger partial charge in [-0.1, -0.05) is 12.1 Å². The molecule has 1 atom stereocenters. The Labute approximate surface area is 154 Å². The molecule has 9 nitrogen and oxygen atoms in total. The summed E-state index contributed by atoms with van der Waals surface area (Å²) in [7, 11) is 3.41. The number of carbonyl (C=O) groups excluding carboxylic acids is 1. The molecule has 0 aliphatic carbocycles. The fourth-order valence-electron chi connectivity index (χ4n) is 2.68. The second-order valence-corrected chi connectivity index (χ2v) is 5.91. The van der Waals surface area contributed by atoms with E-state index in [1.54, 1.807) is 36.2 Å². The number of benzene rings is 1. The molecule has 0 bridgehead atoms. The molecule has 0 spiro atoms. The molecular weight excluding hydrogens is 350 g/mol. The van der Waals surface area contributed by atoms with Crippen LogP contribution in [0.25, 0.3) is 0 Å². The third-order valence-corrected chi connectivity index (χ3v) is 4.08. The lowest BCUT2D eigenvalue weighted by molar-refractivity contribution is -0.122. The maximum absolute atomic E-state index is 12.5. The zero-order valence-corrected chi connectivity index (χ0v) is 14.9. The van der Waals surface area contributed by atoms with Gasteiger partial charge in [0.05, 0.1) is 7.11 Å². The molecule has 1 aromatic carbocycles. The van der Waals surface area contributed by atoms with Crippen molar-refractivity contribution in [2.24, 2.45) is 7.05 Å². The Kier molecular flexibility index (Phi) is 5.20. The van der Waals surface area contributed by atoms with Crippen molar-refractivity contribution in [1.82, 2.24) is 24.4 Å². The van der Waals surface area contributed by atoms with Crippen LogP contribution in [0.4, 0.5) is 0 Å². The molecule has 27 heavy (non-hydrogen) atoms. The summed E-state index contributed by atoms with van der Waals surface area (Å²) >= 11 is 0. The van der Waals surface area contributed by atoms with E-state index in [0.29, 0.717) is 11.6 Å². The zero-order chi connectivity index (χ0) is 19.4. The van der Waals surface area contributed by atoms with E-state index in [-0.39, 0.29) is 6.54 Å². The minimum Gasteiger partial charge on any atom is -0.497 e. The fraction of sp³-hybridized carbons (Fsp3) is 0.222. The van der Waals surface area contributed by atoms with Crippen molar-refractivity contribution in [3.8, 4) is 5.75 Å². The Balaban J connectivity index is 1.86. The van der Waals surface area contributed by atoms with E-state index in [1.807, 2.05) is 19.2 Å². The smallest absolute Gasteiger partial charge is 0.328 e. The summed E-state index contributed by atoms with van der Waals surface area (Å²) < 4.78 is 8.10. The van der Waals surface area contributed by atoms with Crippen LogP contribution in [0, 0.1) is 0 Å². The second kappa shape index (κ2) is 7.73. The van der Waals surface area contributed by atoms with E-state index in [4.69, 9.17) is 4.74 Å². The molecule has 1 unspecified atom stereocenters. The van der Waals surface area contributed by atoms with Gasteiger partial charge in [-0.3, -0.25) is 19.1 Å². The summed E-state index contributed by atoms with van der Waals surface area (Å²) in [5, 5.41) is 2.89. The molecule has 0 aliphatic heterocycles. The SMILES string of the molecule is COc1ccc(C(NC(=O)Cn2ccc(=O)[nH]c2=O)c2nccn2C)cc1. The Hall–Kier alpha value is -3.62.